The summed E-state index contributed by atoms with van der Waals surface area (Å²) < 4.78 is 5.56. The molecule has 2 aromatic rings. The fourth-order valence-electron chi connectivity index (χ4n) is 1.45. The highest BCUT2D eigenvalue weighted by molar-refractivity contribution is 6.42. The molecule has 94 valence electrons. The Morgan fingerprint density at radius 1 is 1.17 bits per heavy atom. The zero-order valence-electron chi connectivity index (χ0n) is 9.65. The molecule has 3 nitrogen and oxygen atoms in total. The molecule has 0 saturated carbocycles. The highest BCUT2D eigenvalue weighted by Crippen LogP contribution is 2.29. The predicted molar refractivity (Wildman–Crippen MR) is 71.4 cm³/mol. The molecular weight excluding hydrogens is 273 g/mol. The zero-order valence-corrected chi connectivity index (χ0v) is 11.2. The number of pyridine rings is 1. The lowest BCUT2D eigenvalue weighted by atomic mass is 10.2. The van der Waals surface area contributed by atoms with Gasteiger partial charge in [0.1, 0.15) is 5.75 Å². The van der Waals surface area contributed by atoms with Crippen LogP contribution >= 0.6 is 23.2 Å². The predicted octanol–water partition coefficient (Wildman–Crippen LogP) is 3.98. The number of halogens is 2. The molecule has 0 bridgehead atoms. The number of nitrogens with zero attached hydrogens (tertiary/aromatic N) is 1. The Kier molecular flexibility index (Phi) is 4.07. The third kappa shape index (κ3) is 2.93. The second-order valence-corrected chi connectivity index (χ2v) is 4.54. The van der Waals surface area contributed by atoms with Crippen LogP contribution in [0.1, 0.15) is 11.3 Å². The van der Waals surface area contributed by atoms with Gasteiger partial charge in [-0.3, -0.25) is 0 Å². The van der Waals surface area contributed by atoms with Crippen molar-refractivity contribution >= 4 is 23.2 Å². The summed E-state index contributed by atoms with van der Waals surface area (Å²) >= 11 is 11.7. The van der Waals surface area contributed by atoms with E-state index in [1.165, 1.54) is 0 Å². The Hall–Kier alpha value is -1.29. The first kappa shape index (κ1) is 13.1. The van der Waals surface area contributed by atoms with E-state index in [9.17, 15) is 0 Å². The smallest absolute Gasteiger partial charge is 0.219 e. The van der Waals surface area contributed by atoms with Crippen molar-refractivity contribution in [1.82, 2.24) is 4.98 Å². The number of aliphatic hydroxyl groups is 1. The lowest BCUT2D eigenvalue weighted by Gasteiger charge is -2.08. The van der Waals surface area contributed by atoms with Gasteiger partial charge in [-0.15, -0.1) is 0 Å². The molecular formula is C13H11Cl2NO2. The van der Waals surface area contributed by atoms with Crippen molar-refractivity contribution < 1.29 is 9.84 Å². The van der Waals surface area contributed by atoms with Gasteiger partial charge < -0.3 is 9.84 Å². The Balaban J connectivity index is 2.23. The molecule has 0 saturated heterocycles. The van der Waals surface area contributed by atoms with Gasteiger partial charge in [-0.05, 0) is 30.7 Å². The normalized spacial score (nSPS) is 10.4. The molecule has 1 aromatic carbocycles. The molecule has 0 spiro atoms. The molecule has 0 aliphatic carbocycles. The number of aliphatic hydroxyl groups excluding tert-OH is 1. The largest absolute Gasteiger partial charge is 0.439 e. The molecule has 0 aliphatic heterocycles. The van der Waals surface area contributed by atoms with Crippen LogP contribution in [-0.2, 0) is 6.61 Å². The number of aryl methyl sites for hydroxylation is 1. The first-order valence-corrected chi connectivity index (χ1v) is 6.06. The number of rotatable bonds is 3. The molecule has 0 fully saturated rings. The van der Waals surface area contributed by atoms with Gasteiger partial charge in [0.15, 0.2) is 0 Å². The summed E-state index contributed by atoms with van der Waals surface area (Å²) in [6, 6.07) is 8.47. The van der Waals surface area contributed by atoms with Gasteiger partial charge in [-0.25, -0.2) is 4.98 Å². The summed E-state index contributed by atoms with van der Waals surface area (Å²) in [5, 5.41) is 9.96. The molecule has 0 amide bonds. The van der Waals surface area contributed by atoms with E-state index in [0.29, 0.717) is 21.7 Å². The van der Waals surface area contributed by atoms with E-state index in [1.807, 2.05) is 6.92 Å². The third-order valence-electron chi connectivity index (χ3n) is 2.45. The van der Waals surface area contributed by atoms with E-state index in [-0.39, 0.29) is 6.61 Å². The Morgan fingerprint density at radius 3 is 2.56 bits per heavy atom. The van der Waals surface area contributed by atoms with E-state index in [4.69, 9.17) is 33.0 Å². The fraction of sp³-hybridized carbons (Fsp3) is 0.154. The van der Waals surface area contributed by atoms with Crippen molar-refractivity contribution in [3.05, 3.63) is 51.6 Å². The van der Waals surface area contributed by atoms with E-state index in [2.05, 4.69) is 4.98 Å². The summed E-state index contributed by atoms with van der Waals surface area (Å²) in [7, 11) is 0. The molecule has 2 rings (SSSR count). The van der Waals surface area contributed by atoms with Crippen LogP contribution in [0.25, 0.3) is 0 Å². The van der Waals surface area contributed by atoms with Gasteiger partial charge in [0, 0.05) is 17.8 Å². The van der Waals surface area contributed by atoms with Gasteiger partial charge in [0.25, 0.3) is 0 Å². The molecule has 18 heavy (non-hydrogen) atoms. The second kappa shape index (κ2) is 5.57. The number of hydrogen-bond donors (Lipinski definition) is 1. The molecule has 0 aliphatic rings. The van der Waals surface area contributed by atoms with Crippen molar-refractivity contribution in [2.45, 2.75) is 13.5 Å². The SMILES string of the molecule is Cc1nc(Oc2ccc(Cl)c(Cl)c2)ccc1CO. The van der Waals surface area contributed by atoms with E-state index in [1.54, 1.807) is 30.3 Å². The molecule has 5 heteroatoms. The monoisotopic (exact) mass is 283 g/mol. The van der Waals surface area contributed by atoms with E-state index in [0.717, 1.165) is 11.3 Å². The van der Waals surface area contributed by atoms with Crippen molar-refractivity contribution in [1.29, 1.82) is 0 Å². The average Bonchev–Trinajstić information content (AvgIpc) is 2.34. The molecule has 1 N–H and O–H groups in total. The Bertz CT molecular complexity index is 573. The van der Waals surface area contributed by atoms with Crippen LogP contribution in [0.2, 0.25) is 10.0 Å². The third-order valence-corrected chi connectivity index (χ3v) is 3.19. The number of ether oxygens (including phenoxy) is 1. The molecule has 1 heterocycles. The number of benzene rings is 1. The maximum Gasteiger partial charge on any atom is 0.219 e. The summed E-state index contributed by atoms with van der Waals surface area (Å²) in [5.41, 5.74) is 1.51. The maximum absolute atomic E-state index is 9.05. The van der Waals surface area contributed by atoms with Crippen molar-refractivity contribution in [2.24, 2.45) is 0 Å². The Labute approximate surface area is 115 Å². The summed E-state index contributed by atoms with van der Waals surface area (Å²) in [6.07, 6.45) is 0. The topological polar surface area (TPSA) is 42.4 Å². The molecule has 0 atom stereocenters. The first-order valence-electron chi connectivity index (χ1n) is 5.30. The van der Waals surface area contributed by atoms with E-state index < -0.39 is 0 Å². The van der Waals surface area contributed by atoms with Crippen LogP contribution in [0, 0.1) is 6.92 Å². The minimum atomic E-state index is -0.0358. The van der Waals surface area contributed by atoms with Crippen LogP contribution in [0.4, 0.5) is 0 Å². The fourth-order valence-corrected chi connectivity index (χ4v) is 1.74. The summed E-state index contributed by atoms with van der Waals surface area (Å²) in [6.45, 7) is 1.78. The van der Waals surface area contributed by atoms with Gasteiger partial charge in [0.05, 0.1) is 16.7 Å². The molecule has 1 aromatic heterocycles. The maximum atomic E-state index is 9.05. The number of hydrogen-bond acceptors (Lipinski definition) is 3. The van der Waals surface area contributed by atoms with Crippen LogP contribution in [0.3, 0.4) is 0 Å². The molecule has 0 unspecified atom stereocenters. The van der Waals surface area contributed by atoms with Gasteiger partial charge >= 0.3 is 0 Å². The van der Waals surface area contributed by atoms with Crippen molar-refractivity contribution in [3.63, 3.8) is 0 Å². The van der Waals surface area contributed by atoms with Gasteiger partial charge in [-0.2, -0.15) is 0 Å². The highest BCUT2D eigenvalue weighted by Gasteiger charge is 2.05. The van der Waals surface area contributed by atoms with Crippen LogP contribution in [0.15, 0.2) is 30.3 Å². The van der Waals surface area contributed by atoms with Crippen LogP contribution in [-0.4, -0.2) is 10.1 Å². The van der Waals surface area contributed by atoms with Crippen LogP contribution < -0.4 is 4.74 Å². The zero-order chi connectivity index (χ0) is 13.1. The lowest BCUT2D eigenvalue weighted by Crippen LogP contribution is -1.95. The standard InChI is InChI=1S/C13H11Cl2NO2/c1-8-9(7-17)2-5-13(16-8)18-10-3-4-11(14)12(15)6-10/h2-6,17H,7H2,1H3. The van der Waals surface area contributed by atoms with Gasteiger partial charge in [-0.1, -0.05) is 23.2 Å². The number of aromatic nitrogens is 1. The Morgan fingerprint density at radius 2 is 1.94 bits per heavy atom. The summed E-state index contributed by atoms with van der Waals surface area (Å²) in [5.74, 6) is 1.01. The van der Waals surface area contributed by atoms with Crippen molar-refractivity contribution in [3.8, 4) is 11.6 Å². The summed E-state index contributed by atoms with van der Waals surface area (Å²) in [4.78, 5) is 4.23. The average molecular weight is 284 g/mol. The minimum Gasteiger partial charge on any atom is -0.439 e. The molecule has 0 radical (unpaired) electrons. The van der Waals surface area contributed by atoms with Gasteiger partial charge in [0.2, 0.25) is 5.88 Å². The van der Waals surface area contributed by atoms with E-state index >= 15 is 0 Å². The second-order valence-electron chi connectivity index (χ2n) is 3.73. The first-order chi connectivity index (χ1) is 8.60. The quantitative estimate of drug-likeness (QED) is 0.926. The van der Waals surface area contributed by atoms with Crippen molar-refractivity contribution in [2.75, 3.05) is 0 Å². The minimum absolute atomic E-state index is 0.0358. The lowest BCUT2D eigenvalue weighted by molar-refractivity contribution is 0.280. The van der Waals surface area contributed by atoms with Crippen LogP contribution in [0.5, 0.6) is 11.6 Å². The highest BCUT2D eigenvalue weighted by atomic mass is 35.5.